The van der Waals surface area contributed by atoms with E-state index in [9.17, 15) is 9.59 Å². The van der Waals surface area contributed by atoms with Gasteiger partial charge in [0.25, 0.3) is 5.91 Å². The zero-order valence-electron chi connectivity index (χ0n) is 18.2. The second-order valence-corrected chi connectivity index (χ2v) is 7.99. The van der Waals surface area contributed by atoms with Crippen LogP contribution < -0.4 is 10.6 Å². The summed E-state index contributed by atoms with van der Waals surface area (Å²) in [7, 11) is 1.63. The molecule has 0 unspecified atom stereocenters. The van der Waals surface area contributed by atoms with Gasteiger partial charge in [0, 0.05) is 30.9 Å². The van der Waals surface area contributed by atoms with E-state index >= 15 is 0 Å². The molecule has 0 bridgehead atoms. The molecule has 2 N–H and O–H groups in total. The number of pyridine rings is 1. The van der Waals surface area contributed by atoms with Gasteiger partial charge in [-0.05, 0) is 42.0 Å². The van der Waals surface area contributed by atoms with Gasteiger partial charge in [-0.2, -0.15) is 5.26 Å². The monoisotopic (exact) mass is 469 g/mol. The molecule has 8 heteroatoms. The molecule has 4 aromatic rings. The summed E-state index contributed by atoms with van der Waals surface area (Å²) in [4.78, 5) is 31.6. The molecule has 0 radical (unpaired) electrons. The first-order valence-corrected chi connectivity index (χ1v) is 10.8. The molecule has 7 nitrogen and oxygen atoms in total. The molecule has 3 amide bonds. The highest BCUT2D eigenvalue weighted by Gasteiger charge is 2.17. The van der Waals surface area contributed by atoms with Crippen LogP contribution in [-0.4, -0.2) is 28.9 Å². The Morgan fingerprint density at radius 3 is 2.65 bits per heavy atom. The smallest absolute Gasteiger partial charge is 0.321 e. The number of para-hydroxylation sites is 2. The van der Waals surface area contributed by atoms with Gasteiger partial charge < -0.3 is 15.5 Å². The largest absolute Gasteiger partial charge is 0.323 e. The number of hydrogen-bond acceptors (Lipinski definition) is 4. The van der Waals surface area contributed by atoms with Crippen LogP contribution in [0.4, 0.5) is 16.2 Å². The highest BCUT2D eigenvalue weighted by Crippen LogP contribution is 2.28. The summed E-state index contributed by atoms with van der Waals surface area (Å²) in [5, 5.41) is 15.8. The number of benzene rings is 3. The highest BCUT2D eigenvalue weighted by atomic mass is 35.5. The third-order valence-electron chi connectivity index (χ3n) is 5.23. The number of rotatable bonds is 5. The van der Waals surface area contributed by atoms with E-state index in [0.29, 0.717) is 38.6 Å². The Morgan fingerprint density at radius 1 is 1.03 bits per heavy atom. The van der Waals surface area contributed by atoms with Crippen LogP contribution >= 0.6 is 11.6 Å². The average Bonchev–Trinajstić information content (AvgIpc) is 2.85. The number of carbonyl (C=O) groups is 2. The second-order valence-electron chi connectivity index (χ2n) is 7.58. The lowest BCUT2D eigenvalue weighted by molar-refractivity contribution is 0.102. The Kier molecular flexibility index (Phi) is 6.72. The Hall–Kier alpha value is -4.41. The molecular weight excluding hydrogens is 450 g/mol. The fraction of sp³-hybridized carbons (Fsp3) is 0.0769. The standard InChI is InChI=1S/C26H20ClN5O2/c1-32(26(34)30-19-8-4-6-17(14-19)15-28)16-18-7-5-10-22(27)24(18)31-25(33)21-12-13-29-23-11-3-2-9-20(21)23/h2-14H,16H2,1H3,(H,30,34)(H,31,33). The van der Waals surface area contributed by atoms with Gasteiger partial charge in [-0.1, -0.05) is 48.0 Å². The minimum absolute atomic E-state index is 0.192. The van der Waals surface area contributed by atoms with Crippen LogP contribution in [0.3, 0.4) is 0 Å². The maximum atomic E-state index is 13.1. The van der Waals surface area contributed by atoms with Gasteiger partial charge in [0.2, 0.25) is 0 Å². The summed E-state index contributed by atoms with van der Waals surface area (Å²) >= 11 is 6.43. The van der Waals surface area contributed by atoms with Crippen molar-refractivity contribution in [2.24, 2.45) is 0 Å². The van der Waals surface area contributed by atoms with Crippen LogP contribution in [0.25, 0.3) is 10.9 Å². The number of urea groups is 1. The van der Waals surface area contributed by atoms with Crippen molar-refractivity contribution in [2.45, 2.75) is 6.54 Å². The SMILES string of the molecule is CN(Cc1cccc(Cl)c1NC(=O)c1ccnc2ccccc12)C(=O)Nc1cccc(C#N)c1. The fourth-order valence-corrected chi connectivity index (χ4v) is 3.77. The van der Waals surface area contributed by atoms with E-state index in [-0.39, 0.29) is 18.5 Å². The highest BCUT2D eigenvalue weighted by molar-refractivity contribution is 6.34. The lowest BCUT2D eigenvalue weighted by Crippen LogP contribution is -2.31. The van der Waals surface area contributed by atoms with Crippen molar-refractivity contribution >= 4 is 45.8 Å². The van der Waals surface area contributed by atoms with Gasteiger partial charge in [0.05, 0.1) is 33.4 Å². The van der Waals surface area contributed by atoms with E-state index in [4.69, 9.17) is 16.9 Å². The van der Waals surface area contributed by atoms with Crippen molar-refractivity contribution in [3.8, 4) is 6.07 Å². The number of hydrogen-bond donors (Lipinski definition) is 2. The number of halogens is 1. The number of fused-ring (bicyclic) bond motifs is 1. The van der Waals surface area contributed by atoms with Gasteiger partial charge in [-0.3, -0.25) is 9.78 Å². The van der Waals surface area contributed by atoms with Gasteiger partial charge >= 0.3 is 6.03 Å². The van der Waals surface area contributed by atoms with E-state index < -0.39 is 0 Å². The van der Waals surface area contributed by atoms with Gasteiger partial charge in [0.15, 0.2) is 0 Å². The zero-order chi connectivity index (χ0) is 24.1. The van der Waals surface area contributed by atoms with Crippen LogP contribution in [0.1, 0.15) is 21.5 Å². The van der Waals surface area contributed by atoms with Crippen LogP contribution in [0.5, 0.6) is 0 Å². The molecule has 0 spiro atoms. The number of nitrogens with zero attached hydrogens (tertiary/aromatic N) is 3. The predicted octanol–water partition coefficient (Wildman–Crippen LogP) is 5.68. The van der Waals surface area contributed by atoms with Gasteiger partial charge in [0.1, 0.15) is 0 Å². The van der Waals surface area contributed by atoms with Crippen molar-refractivity contribution in [3.63, 3.8) is 0 Å². The van der Waals surface area contributed by atoms with Gasteiger partial charge in [-0.15, -0.1) is 0 Å². The molecule has 168 valence electrons. The van der Waals surface area contributed by atoms with E-state index in [1.807, 2.05) is 30.3 Å². The molecule has 0 aliphatic rings. The lowest BCUT2D eigenvalue weighted by Gasteiger charge is -2.21. The second kappa shape index (κ2) is 10.0. The van der Waals surface area contributed by atoms with Crippen molar-refractivity contribution < 1.29 is 9.59 Å². The zero-order valence-corrected chi connectivity index (χ0v) is 19.0. The normalized spacial score (nSPS) is 10.4. The molecule has 0 atom stereocenters. The summed E-state index contributed by atoms with van der Waals surface area (Å²) in [5.74, 6) is -0.326. The molecule has 0 fully saturated rings. The van der Waals surface area contributed by atoms with Crippen molar-refractivity contribution in [1.29, 1.82) is 5.26 Å². The fourth-order valence-electron chi connectivity index (χ4n) is 3.53. The van der Waals surface area contributed by atoms with Crippen LogP contribution in [0, 0.1) is 11.3 Å². The molecule has 34 heavy (non-hydrogen) atoms. The van der Waals surface area contributed by atoms with Crippen LogP contribution in [0.2, 0.25) is 5.02 Å². The third-order valence-corrected chi connectivity index (χ3v) is 5.54. The molecule has 3 aromatic carbocycles. The van der Waals surface area contributed by atoms with Crippen LogP contribution in [0.15, 0.2) is 79.0 Å². The summed E-state index contributed by atoms with van der Waals surface area (Å²) in [5.41, 5.74) is 3.25. The number of carbonyl (C=O) groups excluding carboxylic acids is 2. The minimum atomic E-state index is -0.368. The molecule has 0 saturated carbocycles. The lowest BCUT2D eigenvalue weighted by atomic mass is 10.1. The van der Waals surface area contributed by atoms with E-state index in [1.54, 1.807) is 61.8 Å². The Bertz CT molecular complexity index is 1430. The number of amides is 3. The van der Waals surface area contributed by atoms with Crippen LogP contribution in [-0.2, 0) is 6.54 Å². The molecule has 0 saturated heterocycles. The molecular formula is C26H20ClN5O2. The molecule has 0 aliphatic carbocycles. The average molecular weight is 470 g/mol. The predicted molar refractivity (Wildman–Crippen MR) is 133 cm³/mol. The first-order valence-electron chi connectivity index (χ1n) is 10.4. The maximum absolute atomic E-state index is 13.1. The third kappa shape index (κ3) is 4.98. The Morgan fingerprint density at radius 2 is 1.82 bits per heavy atom. The number of nitrogens with one attached hydrogen (secondary N) is 2. The number of anilines is 2. The minimum Gasteiger partial charge on any atom is -0.323 e. The molecule has 1 heterocycles. The Labute approximate surface area is 201 Å². The van der Waals surface area contributed by atoms with E-state index in [2.05, 4.69) is 15.6 Å². The molecule has 4 rings (SSSR count). The molecule has 1 aromatic heterocycles. The first kappa shape index (κ1) is 22.8. The van der Waals surface area contributed by atoms with Crippen molar-refractivity contribution in [1.82, 2.24) is 9.88 Å². The number of aromatic nitrogens is 1. The van der Waals surface area contributed by atoms with Gasteiger partial charge in [-0.25, -0.2) is 4.79 Å². The van der Waals surface area contributed by atoms with E-state index in [0.717, 1.165) is 5.39 Å². The van der Waals surface area contributed by atoms with Crippen molar-refractivity contribution in [2.75, 3.05) is 17.7 Å². The summed E-state index contributed by atoms with van der Waals surface area (Å²) < 4.78 is 0. The maximum Gasteiger partial charge on any atom is 0.321 e. The molecule has 0 aliphatic heterocycles. The summed E-state index contributed by atoms with van der Waals surface area (Å²) in [6.45, 7) is 0.192. The summed E-state index contributed by atoms with van der Waals surface area (Å²) in [6.07, 6.45) is 1.59. The first-order chi connectivity index (χ1) is 16.5. The topological polar surface area (TPSA) is 98.1 Å². The quantitative estimate of drug-likeness (QED) is 0.393. The number of nitriles is 1. The van der Waals surface area contributed by atoms with E-state index in [1.165, 1.54) is 4.90 Å². The van der Waals surface area contributed by atoms with Crippen molar-refractivity contribution in [3.05, 3.63) is 101 Å². The Balaban J connectivity index is 1.54. The summed E-state index contributed by atoms with van der Waals surface area (Å²) in [6, 6.07) is 22.6.